The summed E-state index contributed by atoms with van der Waals surface area (Å²) in [6.07, 6.45) is -2.96. The second kappa shape index (κ2) is 32.5. The molecule has 0 saturated carbocycles. The first-order valence-corrected chi connectivity index (χ1v) is 33.6. The van der Waals surface area contributed by atoms with E-state index in [9.17, 15) is 82.8 Å². The number of benzene rings is 4. The SMILES string of the molecule is CC[C@H](C)[C@@H]1NC(=O)[C@H](Cc2ccc(O)cc2)NC(=O)C(O)CSSC[C@@H](C(=O)N2CCC[C@H]2C(=O)N[C@@H](CCCCNC(=O)c2ccc3c(c2)C(=O)OC32c3ccc(O)cc3Oc3cc(O)ccc32)C(=O)NCC(N)=O)NC(=O)[C@H](CC(N)=O)NC(=O)[C@H](CCC(N)=O)NC1=O. The number of carbonyl (C=O) groups is 13. The van der Waals surface area contributed by atoms with E-state index in [4.69, 9.17) is 26.7 Å². The van der Waals surface area contributed by atoms with Gasteiger partial charge in [0, 0.05) is 71.8 Å². The van der Waals surface area contributed by atoms with Gasteiger partial charge in [-0.3, -0.25) is 57.5 Å². The van der Waals surface area contributed by atoms with E-state index in [0.29, 0.717) is 22.3 Å². The molecule has 1 spiro atoms. The molecule has 8 rings (SSSR count). The summed E-state index contributed by atoms with van der Waals surface area (Å²) in [6.45, 7) is 2.66. The Balaban J connectivity index is 0.970. The highest BCUT2D eigenvalue weighted by molar-refractivity contribution is 8.76. The zero-order chi connectivity index (χ0) is 70.4. The molecule has 9 atom stereocenters. The lowest BCUT2D eigenvalue weighted by atomic mass is 9.77. The fraction of sp³-hybridized carbons (Fsp3) is 0.422. The minimum atomic E-state index is -1.85. The number of aliphatic hydroxyl groups is 1. The summed E-state index contributed by atoms with van der Waals surface area (Å²) in [6, 6.07) is 8.06. The topological polar surface area (TPSA) is 499 Å². The number of phenolic OH excluding ortho intramolecular Hbond substituents is 3. The quantitative estimate of drug-likeness (QED) is 0.0269. The number of rotatable bonds is 21. The molecule has 0 aromatic heterocycles. The Morgan fingerprint density at radius 1 is 0.691 bits per heavy atom. The molecule has 4 aromatic rings. The minimum Gasteiger partial charge on any atom is -0.508 e. The molecule has 518 valence electrons. The largest absolute Gasteiger partial charge is 0.508 e. The van der Waals surface area contributed by atoms with Crippen LogP contribution >= 0.6 is 21.6 Å². The van der Waals surface area contributed by atoms with Gasteiger partial charge in [0.2, 0.25) is 65.0 Å². The molecule has 33 heteroatoms. The van der Waals surface area contributed by atoms with Crippen molar-refractivity contribution in [1.82, 2.24) is 47.4 Å². The predicted molar refractivity (Wildman–Crippen MR) is 347 cm³/mol. The summed E-state index contributed by atoms with van der Waals surface area (Å²) >= 11 is 0. The van der Waals surface area contributed by atoms with Gasteiger partial charge < -0.3 is 94.5 Å². The lowest BCUT2D eigenvalue weighted by molar-refractivity contribution is -0.142. The van der Waals surface area contributed by atoms with Crippen molar-refractivity contribution in [3.63, 3.8) is 0 Å². The van der Waals surface area contributed by atoms with Crippen LogP contribution in [0.2, 0.25) is 0 Å². The molecule has 12 amide bonds. The van der Waals surface area contributed by atoms with Crippen molar-refractivity contribution >= 4 is 98.4 Å². The van der Waals surface area contributed by atoms with E-state index in [1.807, 2.05) is 0 Å². The third-order valence-corrected chi connectivity index (χ3v) is 19.2. The Morgan fingerprint density at radius 2 is 1.31 bits per heavy atom. The molecule has 0 aliphatic carbocycles. The lowest BCUT2D eigenvalue weighted by Crippen LogP contribution is -2.61. The number of primary amides is 3. The molecular formula is C64H76N12O19S2. The van der Waals surface area contributed by atoms with E-state index in [1.54, 1.807) is 32.0 Å². The van der Waals surface area contributed by atoms with Crippen molar-refractivity contribution in [2.24, 2.45) is 23.1 Å². The zero-order valence-electron chi connectivity index (χ0n) is 52.7. The number of hydrogen-bond donors (Lipinski definition) is 15. The van der Waals surface area contributed by atoms with Gasteiger partial charge in [0.05, 0.1) is 18.5 Å². The van der Waals surface area contributed by atoms with Gasteiger partial charge in [-0.05, 0) is 98.5 Å². The molecule has 4 aromatic carbocycles. The van der Waals surface area contributed by atoms with Crippen molar-refractivity contribution < 1.29 is 92.2 Å². The Morgan fingerprint density at radius 3 is 1.96 bits per heavy atom. The van der Waals surface area contributed by atoms with E-state index >= 15 is 0 Å². The normalized spacial score (nSPS) is 21.8. The van der Waals surface area contributed by atoms with E-state index in [-0.39, 0.29) is 109 Å². The summed E-state index contributed by atoms with van der Waals surface area (Å²) in [5, 5.41) is 62.0. The number of nitrogens with two attached hydrogens (primary N) is 3. The fourth-order valence-electron chi connectivity index (χ4n) is 11.5. The highest BCUT2D eigenvalue weighted by Gasteiger charge is 2.54. The fourth-order valence-corrected chi connectivity index (χ4v) is 13.7. The number of fused-ring (bicyclic) bond motifs is 6. The van der Waals surface area contributed by atoms with Crippen molar-refractivity contribution in [2.45, 2.75) is 132 Å². The molecular weight excluding hydrogens is 1300 g/mol. The zero-order valence-corrected chi connectivity index (χ0v) is 54.3. The Hall–Kier alpha value is -10.1. The summed E-state index contributed by atoms with van der Waals surface area (Å²) in [5.41, 5.74) is 16.5. The van der Waals surface area contributed by atoms with E-state index in [2.05, 4.69) is 42.5 Å². The van der Waals surface area contributed by atoms with Crippen LogP contribution in [0.3, 0.4) is 0 Å². The van der Waals surface area contributed by atoms with Crippen LogP contribution in [-0.2, 0) is 69.5 Å². The summed E-state index contributed by atoms with van der Waals surface area (Å²) in [5.74, 6) is -13.3. The molecule has 4 aliphatic heterocycles. The van der Waals surface area contributed by atoms with Crippen LogP contribution in [0.15, 0.2) is 78.9 Å². The molecule has 4 heterocycles. The number of phenols is 3. The van der Waals surface area contributed by atoms with E-state index < -0.39 is 163 Å². The van der Waals surface area contributed by atoms with Crippen LogP contribution in [-0.4, -0.2) is 182 Å². The molecule has 1 unspecified atom stereocenters. The molecule has 31 nitrogen and oxygen atoms in total. The first kappa shape index (κ1) is 72.7. The second-order valence-electron chi connectivity index (χ2n) is 23.7. The van der Waals surface area contributed by atoms with Gasteiger partial charge in [-0.2, -0.15) is 0 Å². The lowest BCUT2D eigenvalue weighted by Gasteiger charge is -2.36. The highest BCUT2D eigenvalue weighted by atomic mass is 33.1. The maximum atomic E-state index is 14.9. The minimum absolute atomic E-state index is 0.0237. The van der Waals surface area contributed by atoms with Crippen molar-refractivity contribution in [3.05, 3.63) is 112 Å². The van der Waals surface area contributed by atoms with Gasteiger partial charge >= 0.3 is 5.97 Å². The Labute approximate surface area is 563 Å². The first-order chi connectivity index (χ1) is 46.2. The van der Waals surface area contributed by atoms with Gasteiger partial charge in [0.1, 0.15) is 77.1 Å². The van der Waals surface area contributed by atoms with Crippen LogP contribution in [0.5, 0.6) is 28.7 Å². The second-order valence-corrected chi connectivity index (χ2v) is 26.3. The Bertz CT molecular complexity index is 3680. The molecule has 2 fully saturated rings. The third-order valence-electron chi connectivity index (χ3n) is 16.8. The maximum absolute atomic E-state index is 14.9. The van der Waals surface area contributed by atoms with E-state index in [1.165, 1.54) is 60.7 Å². The van der Waals surface area contributed by atoms with Crippen LogP contribution in [0.1, 0.15) is 115 Å². The van der Waals surface area contributed by atoms with Crippen molar-refractivity contribution in [1.29, 1.82) is 0 Å². The van der Waals surface area contributed by atoms with Gasteiger partial charge in [0.25, 0.3) is 5.91 Å². The average Bonchev–Trinajstić information content (AvgIpc) is 1.62. The number of likely N-dealkylation sites (tertiary alicyclic amines) is 1. The van der Waals surface area contributed by atoms with Crippen LogP contribution < -0.4 is 64.5 Å². The molecule has 2 saturated heterocycles. The number of nitrogens with one attached hydrogen (secondary N) is 8. The van der Waals surface area contributed by atoms with Crippen LogP contribution in [0.25, 0.3) is 0 Å². The summed E-state index contributed by atoms with van der Waals surface area (Å²) in [7, 11) is 1.75. The maximum Gasteiger partial charge on any atom is 0.340 e. The molecule has 97 heavy (non-hydrogen) atoms. The van der Waals surface area contributed by atoms with Gasteiger partial charge in [-0.15, -0.1) is 0 Å². The summed E-state index contributed by atoms with van der Waals surface area (Å²) < 4.78 is 12.1. The highest BCUT2D eigenvalue weighted by Crippen LogP contribution is 2.57. The molecule has 0 radical (unpaired) electrons. The van der Waals surface area contributed by atoms with Crippen LogP contribution in [0, 0.1) is 5.92 Å². The monoisotopic (exact) mass is 1380 g/mol. The smallest absolute Gasteiger partial charge is 0.340 e. The number of esters is 1. The number of carbonyl (C=O) groups excluding carboxylic acids is 13. The number of amides is 12. The number of aromatic hydroxyl groups is 3. The molecule has 18 N–H and O–H groups in total. The number of ether oxygens (including phenoxy) is 2. The van der Waals surface area contributed by atoms with Crippen molar-refractivity contribution in [2.75, 3.05) is 31.1 Å². The van der Waals surface area contributed by atoms with Gasteiger partial charge in [-0.25, -0.2) is 4.79 Å². The van der Waals surface area contributed by atoms with Crippen LogP contribution in [0.4, 0.5) is 0 Å². The molecule has 4 aliphatic rings. The van der Waals surface area contributed by atoms with Gasteiger partial charge in [0.15, 0.2) is 5.60 Å². The Kier molecular flexibility index (Phi) is 24.4. The number of aliphatic hydroxyl groups excluding tert-OH is 1. The molecule has 0 bridgehead atoms. The summed E-state index contributed by atoms with van der Waals surface area (Å²) in [4.78, 5) is 179. The third kappa shape index (κ3) is 18.1. The average molecular weight is 1380 g/mol. The van der Waals surface area contributed by atoms with Crippen molar-refractivity contribution in [3.8, 4) is 28.7 Å². The number of unbranched alkanes of at least 4 members (excludes halogenated alkanes) is 1. The standard InChI is InChI=1S/C64H76N12O19S2/c1-3-31(2)53-61(91)71-42(19-20-50(65)81)56(86)72-44(27-51(66)82)57(87)74-45(29-96-97-30-47(80)60(90)73-43(58(88)75-53)23-32-9-12-34(77)13-10-32)62(92)76-22-6-8-46(76)59(89)70-41(55(85)69-28-52(67)83)7-4-5-21-68-54(84)33-11-16-38-37(24-33)63(93)95-64(38)39-17-14-35(78)25-48(39)94-49-26-36(79)15-18-40(49)64/h9-18,24-26,31,41-47,53,77-80H,3-8,19-23,27-30H2,1-2H3,(H2,65,81)(H2,66,82)(H2,67,83)(H,68,84)(H,69,85)(H,70,89)(H,71,91)(H,72,86)(H,73,90)(H,74,87)(H,75,88)/t31-,41-,42-,43-,44-,45-,46-,47?,53-/m0/s1. The number of hydrogen-bond acceptors (Lipinski definition) is 21. The van der Waals surface area contributed by atoms with Gasteiger partial charge in [-0.1, -0.05) is 60.1 Å². The predicted octanol–water partition coefficient (Wildman–Crippen LogP) is -1.04. The first-order valence-electron chi connectivity index (χ1n) is 31.1. The van der Waals surface area contributed by atoms with E-state index in [0.717, 1.165) is 26.5 Å². The number of nitrogens with zero attached hydrogens (tertiary/aromatic N) is 1.